The third-order valence-electron chi connectivity index (χ3n) is 3.39. The summed E-state index contributed by atoms with van der Waals surface area (Å²) in [6, 6.07) is 6.66. The number of nitrogens with zero attached hydrogens (tertiary/aromatic N) is 1. The Kier molecular flexibility index (Phi) is 4.47. The van der Waals surface area contributed by atoms with Crippen LogP contribution in [0, 0.1) is 0 Å². The molecule has 0 aliphatic carbocycles. The summed E-state index contributed by atoms with van der Waals surface area (Å²) < 4.78 is 0. The third-order valence-corrected chi connectivity index (χ3v) is 4.18. The average molecular weight is 279 g/mol. The maximum absolute atomic E-state index is 12.5. The van der Waals surface area contributed by atoms with Crippen molar-refractivity contribution in [3.63, 3.8) is 0 Å². The van der Waals surface area contributed by atoms with Gasteiger partial charge in [0.2, 0.25) is 0 Å². The van der Waals surface area contributed by atoms with Crippen molar-refractivity contribution in [3.05, 3.63) is 29.8 Å². The number of hydrogen-bond acceptors (Lipinski definition) is 3. The molecular weight excluding hydrogens is 262 g/mol. The first-order chi connectivity index (χ1) is 9.15. The molecule has 102 valence electrons. The summed E-state index contributed by atoms with van der Waals surface area (Å²) in [5.41, 5.74) is 0.600. The van der Waals surface area contributed by atoms with Gasteiger partial charge in [-0.1, -0.05) is 12.1 Å². The maximum Gasteiger partial charge on any atom is 0.326 e. The number of carbonyl (C=O) groups is 2. The number of carboxylic acids is 1. The van der Waals surface area contributed by atoms with Crippen LogP contribution in [0.15, 0.2) is 29.2 Å². The Morgan fingerprint density at radius 2 is 2.05 bits per heavy atom. The van der Waals surface area contributed by atoms with Gasteiger partial charge in [-0.25, -0.2) is 4.79 Å². The molecule has 19 heavy (non-hydrogen) atoms. The average Bonchev–Trinajstić information content (AvgIpc) is 2.46. The number of hydrogen-bond donors (Lipinski definition) is 1. The van der Waals surface area contributed by atoms with E-state index in [2.05, 4.69) is 0 Å². The molecule has 1 unspecified atom stereocenters. The van der Waals surface area contributed by atoms with E-state index in [1.54, 1.807) is 6.07 Å². The van der Waals surface area contributed by atoms with Crippen molar-refractivity contribution in [2.45, 2.75) is 30.2 Å². The maximum atomic E-state index is 12.5. The zero-order valence-electron chi connectivity index (χ0n) is 10.8. The molecule has 1 heterocycles. The van der Waals surface area contributed by atoms with Gasteiger partial charge in [-0.05, 0) is 37.7 Å². The number of piperidine rings is 1. The van der Waals surface area contributed by atoms with Gasteiger partial charge in [0.1, 0.15) is 6.04 Å². The molecule has 0 saturated carbocycles. The van der Waals surface area contributed by atoms with E-state index in [0.29, 0.717) is 18.5 Å². The number of amides is 1. The first-order valence-electron chi connectivity index (χ1n) is 6.32. The molecule has 1 aliphatic heterocycles. The van der Waals surface area contributed by atoms with E-state index in [4.69, 9.17) is 0 Å². The predicted octanol–water partition coefficient (Wildman–Crippen LogP) is 2.49. The van der Waals surface area contributed by atoms with Gasteiger partial charge in [0.15, 0.2) is 0 Å². The van der Waals surface area contributed by atoms with Gasteiger partial charge in [0.25, 0.3) is 5.91 Å². The Morgan fingerprint density at radius 1 is 1.32 bits per heavy atom. The monoisotopic (exact) mass is 279 g/mol. The van der Waals surface area contributed by atoms with Crippen LogP contribution in [0.3, 0.4) is 0 Å². The molecule has 1 saturated heterocycles. The highest BCUT2D eigenvalue weighted by Gasteiger charge is 2.33. The fourth-order valence-electron chi connectivity index (χ4n) is 2.41. The van der Waals surface area contributed by atoms with Crippen LogP contribution in [0.2, 0.25) is 0 Å². The second-order valence-corrected chi connectivity index (χ2v) is 5.40. The van der Waals surface area contributed by atoms with Crippen LogP contribution in [-0.4, -0.2) is 40.7 Å². The highest BCUT2D eigenvalue weighted by Crippen LogP contribution is 2.25. The molecule has 1 aliphatic rings. The first kappa shape index (κ1) is 13.9. The summed E-state index contributed by atoms with van der Waals surface area (Å²) in [6.45, 7) is 0.526. The standard InChI is InChI=1S/C14H17NO3S/c1-19-12-8-3-2-6-10(12)13(16)15-9-5-4-7-11(15)14(17)18/h2-3,6,8,11H,4-5,7,9H2,1H3,(H,17,18). The fraction of sp³-hybridized carbons (Fsp3) is 0.429. The van der Waals surface area contributed by atoms with Crippen molar-refractivity contribution in [1.29, 1.82) is 0 Å². The summed E-state index contributed by atoms with van der Waals surface area (Å²) >= 11 is 1.50. The molecular formula is C14H17NO3S. The van der Waals surface area contributed by atoms with Crippen LogP contribution in [-0.2, 0) is 4.79 Å². The van der Waals surface area contributed by atoms with E-state index >= 15 is 0 Å². The summed E-state index contributed by atoms with van der Waals surface area (Å²) in [5, 5.41) is 9.23. The molecule has 1 amide bonds. The predicted molar refractivity (Wildman–Crippen MR) is 74.5 cm³/mol. The van der Waals surface area contributed by atoms with Crippen LogP contribution < -0.4 is 0 Å². The van der Waals surface area contributed by atoms with Gasteiger partial charge in [0.05, 0.1) is 5.56 Å². The zero-order chi connectivity index (χ0) is 13.8. The van der Waals surface area contributed by atoms with Gasteiger partial charge in [-0.15, -0.1) is 11.8 Å². The van der Waals surface area contributed by atoms with Gasteiger partial charge in [0, 0.05) is 11.4 Å². The summed E-state index contributed by atoms with van der Waals surface area (Å²) in [6.07, 6.45) is 4.20. The Hall–Kier alpha value is -1.49. The second kappa shape index (κ2) is 6.10. The van der Waals surface area contributed by atoms with Crippen LogP contribution >= 0.6 is 11.8 Å². The minimum Gasteiger partial charge on any atom is -0.480 e. The molecule has 1 aromatic rings. The van der Waals surface area contributed by atoms with Crippen LogP contribution in [0.25, 0.3) is 0 Å². The second-order valence-electron chi connectivity index (χ2n) is 4.55. The van der Waals surface area contributed by atoms with E-state index in [1.807, 2.05) is 24.5 Å². The Bertz CT molecular complexity index is 489. The largest absolute Gasteiger partial charge is 0.480 e. The smallest absolute Gasteiger partial charge is 0.326 e. The molecule has 1 aromatic carbocycles. The molecule has 0 radical (unpaired) electrons. The molecule has 0 spiro atoms. The van der Waals surface area contributed by atoms with Crippen molar-refractivity contribution in [1.82, 2.24) is 4.90 Å². The third kappa shape index (κ3) is 2.92. The lowest BCUT2D eigenvalue weighted by Gasteiger charge is -2.33. The molecule has 2 rings (SSSR count). The quantitative estimate of drug-likeness (QED) is 0.864. The molecule has 0 bridgehead atoms. The Morgan fingerprint density at radius 3 is 2.74 bits per heavy atom. The first-order valence-corrected chi connectivity index (χ1v) is 7.54. The van der Waals surface area contributed by atoms with E-state index in [0.717, 1.165) is 17.7 Å². The molecule has 1 N–H and O–H groups in total. The molecule has 0 aromatic heterocycles. The number of rotatable bonds is 3. The van der Waals surface area contributed by atoms with Crippen molar-refractivity contribution in [2.24, 2.45) is 0 Å². The molecule has 5 heteroatoms. The summed E-state index contributed by atoms with van der Waals surface area (Å²) in [4.78, 5) is 26.2. The van der Waals surface area contributed by atoms with Crippen LogP contribution in [0.5, 0.6) is 0 Å². The van der Waals surface area contributed by atoms with Crippen molar-refractivity contribution in [3.8, 4) is 0 Å². The highest BCUT2D eigenvalue weighted by atomic mass is 32.2. The SMILES string of the molecule is CSc1ccccc1C(=O)N1CCCCC1C(=O)O. The van der Waals surface area contributed by atoms with E-state index in [9.17, 15) is 14.7 Å². The number of thioether (sulfide) groups is 1. The van der Waals surface area contributed by atoms with E-state index in [1.165, 1.54) is 16.7 Å². The zero-order valence-corrected chi connectivity index (χ0v) is 11.7. The summed E-state index contributed by atoms with van der Waals surface area (Å²) in [5.74, 6) is -1.08. The topological polar surface area (TPSA) is 57.6 Å². The van der Waals surface area contributed by atoms with Gasteiger partial charge < -0.3 is 10.0 Å². The van der Waals surface area contributed by atoms with Crippen LogP contribution in [0.4, 0.5) is 0 Å². The fourth-order valence-corrected chi connectivity index (χ4v) is 3.00. The lowest BCUT2D eigenvalue weighted by molar-refractivity contribution is -0.143. The Balaban J connectivity index is 2.29. The number of aliphatic carboxylic acids is 1. The number of benzene rings is 1. The van der Waals surface area contributed by atoms with Crippen molar-refractivity contribution >= 4 is 23.6 Å². The van der Waals surface area contributed by atoms with Gasteiger partial charge in [-0.2, -0.15) is 0 Å². The highest BCUT2D eigenvalue weighted by molar-refractivity contribution is 7.98. The molecule has 1 atom stereocenters. The van der Waals surface area contributed by atoms with E-state index < -0.39 is 12.0 Å². The van der Waals surface area contributed by atoms with Crippen LogP contribution in [0.1, 0.15) is 29.6 Å². The van der Waals surface area contributed by atoms with Gasteiger partial charge in [-0.3, -0.25) is 4.79 Å². The molecule has 1 fully saturated rings. The van der Waals surface area contributed by atoms with Crippen molar-refractivity contribution < 1.29 is 14.7 Å². The lowest BCUT2D eigenvalue weighted by Crippen LogP contribution is -2.48. The lowest BCUT2D eigenvalue weighted by atomic mass is 10.0. The van der Waals surface area contributed by atoms with E-state index in [-0.39, 0.29) is 5.91 Å². The molecule has 4 nitrogen and oxygen atoms in total. The summed E-state index contributed by atoms with van der Waals surface area (Å²) in [7, 11) is 0. The Labute approximate surface area is 116 Å². The number of likely N-dealkylation sites (tertiary alicyclic amines) is 1. The number of carboxylic acid groups (broad SMARTS) is 1. The van der Waals surface area contributed by atoms with Crippen molar-refractivity contribution in [2.75, 3.05) is 12.8 Å². The van der Waals surface area contributed by atoms with Gasteiger partial charge >= 0.3 is 5.97 Å². The normalized spacial score (nSPS) is 19.2. The number of carbonyl (C=O) groups excluding carboxylic acids is 1. The minimum atomic E-state index is -0.908. The minimum absolute atomic E-state index is 0.169.